The molecular formula is C22H27N3O2. The van der Waals surface area contributed by atoms with Gasteiger partial charge in [0.25, 0.3) is 0 Å². The molecule has 1 aromatic carbocycles. The van der Waals surface area contributed by atoms with E-state index in [0.29, 0.717) is 19.6 Å². The Balaban J connectivity index is 1.53. The number of pyridine rings is 1. The molecule has 0 aliphatic carbocycles. The monoisotopic (exact) mass is 365 g/mol. The van der Waals surface area contributed by atoms with Crippen LogP contribution in [0, 0.1) is 0 Å². The zero-order valence-electron chi connectivity index (χ0n) is 15.6. The lowest BCUT2D eigenvalue weighted by molar-refractivity contribution is 0.0842. The fraction of sp³-hybridized carbons (Fsp3) is 0.364. The number of aromatic nitrogens is 1. The van der Waals surface area contributed by atoms with Gasteiger partial charge in [-0.15, -0.1) is 0 Å². The maximum Gasteiger partial charge on any atom is 0.317 e. The highest BCUT2D eigenvalue weighted by atomic mass is 16.5. The van der Waals surface area contributed by atoms with Gasteiger partial charge in [-0.05, 0) is 42.5 Å². The van der Waals surface area contributed by atoms with Crippen molar-refractivity contribution in [1.29, 1.82) is 0 Å². The second-order valence-electron chi connectivity index (χ2n) is 6.69. The molecule has 0 unspecified atom stereocenters. The number of nitrogens with zero attached hydrogens (tertiary/aromatic N) is 2. The molecule has 2 aromatic rings. The predicted octanol–water partition coefficient (Wildman–Crippen LogP) is 3.53. The summed E-state index contributed by atoms with van der Waals surface area (Å²) in [4.78, 5) is 18.5. The smallest absolute Gasteiger partial charge is 0.317 e. The number of ether oxygens (including phenoxy) is 1. The highest BCUT2D eigenvalue weighted by Crippen LogP contribution is 2.14. The molecule has 0 saturated carbocycles. The van der Waals surface area contributed by atoms with Crippen LogP contribution >= 0.6 is 0 Å². The van der Waals surface area contributed by atoms with E-state index >= 15 is 0 Å². The Labute approximate surface area is 161 Å². The molecular weight excluding hydrogens is 338 g/mol. The van der Waals surface area contributed by atoms with E-state index in [2.05, 4.69) is 22.4 Å². The SMILES string of the molecule is O=C(NCCc1ccncc1)N(C/C=C/c1ccccc1)C[C@@H]1CCCO1. The predicted molar refractivity (Wildman–Crippen MR) is 107 cm³/mol. The third-order valence-electron chi connectivity index (χ3n) is 4.61. The summed E-state index contributed by atoms with van der Waals surface area (Å²) in [6, 6.07) is 14.0. The van der Waals surface area contributed by atoms with E-state index in [1.807, 2.05) is 47.4 Å². The molecule has 1 aliphatic heterocycles. The number of urea groups is 1. The number of rotatable bonds is 8. The zero-order valence-corrected chi connectivity index (χ0v) is 15.6. The molecule has 1 saturated heterocycles. The van der Waals surface area contributed by atoms with Crippen molar-refractivity contribution < 1.29 is 9.53 Å². The van der Waals surface area contributed by atoms with E-state index in [0.717, 1.165) is 31.4 Å². The molecule has 1 N–H and O–H groups in total. The molecule has 5 nitrogen and oxygen atoms in total. The molecule has 0 radical (unpaired) electrons. The Morgan fingerprint density at radius 3 is 2.78 bits per heavy atom. The number of benzene rings is 1. The first kappa shape index (κ1) is 19.1. The van der Waals surface area contributed by atoms with Crippen molar-refractivity contribution in [2.45, 2.75) is 25.4 Å². The number of hydrogen-bond donors (Lipinski definition) is 1. The number of hydrogen-bond acceptors (Lipinski definition) is 3. The van der Waals surface area contributed by atoms with Crippen molar-refractivity contribution in [3.63, 3.8) is 0 Å². The van der Waals surface area contributed by atoms with E-state index in [9.17, 15) is 4.79 Å². The maximum absolute atomic E-state index is 12.7. The van der Waals surface area contributed by atoms with Crippen LogP contribution in [-0.2, 0) is 11.2 Å². The van der Waals surface area contributed by atoms with Crippen molar-refractivity contribution in [3.8, 4) is 0 Å². The van der Waals surface area contributed by atoms with Crippen LogP contribution in [0.25, 0.3) is 6.08 Å². The Hall–Kier alpha value is -2.66. The molecule has 0 spiro atoms. The van der Waals surface area contributed by atoms with Gasteiger partial charge in [0.05, 0.1) is 6.10 Å². The summed E-state index contributed by atoms with van der Waals surface area (Å²) in [5.74, 6) is 0. The molecule has 27 heavy (non-hydrogen) atoms. The van der Waals surface area contributed by atoms with Crippen LogP contribution < -0.4 is 5.32 Å². The molecule has 1 aliphatic rings. The first-order valence-corrected chi connectivity index (χ1v) is 9.56. The minimum atomic E-state index is -0.0442. The van der Waals surface area contributed by atoms with Gasteiger partial charge in [0, 0.05) is 38.6 Å². The fourth-order valence-electron chi connectivity index (χ4n) is 3.13. The highest BCUT2D eigenvalue weighted by molar-refractivity contribution is 5.74. The Bertz CT molecular complexity index is 713. The first-order valence-electron chi connectivity index (χ1n) is 9.56. The molecule has 0 bridgehead atoms. The number of carbonyl (C=O) groups excluding carboxylic acids is 1. The number of carbonyl (C=O) groups is 1. The second-order valence-corrected chi connectivity index (χ2v) is 6.69. The van der Waals surface area contributed by atoms with Crippen molar-refractivity contribution >= 4 is 12.1 Å². The zero-order chi connectivity index (χ0) is 18.7. The van der Waals surface area contributed by atoms with E-state index < -0.39 is 0 Å². The fourth-order valence-corrected chi connectivity index (χ4v) is 3.13. The molecule has 1 fully saturated rings. The van der Waals surface area contributed by atoms with E-state index in [1.165, 1.54) is 5.56 Å². The van der Waals surface area contributed by atoms with Gasteiger partial charge >= 0.3 is 6.03 Å². The average Bonchev–Trinajstić information content (AvgIpc) is 3.22. The lowest BCUT2D eigenvalue weighted by Crippen LogP contribution is -2.44. The summed E-state index contributed by atoms with van der Waals surface area (Å²) < 4.78 is 5.72. The average molecular weight is 365 g/mol. The molecule has 3 rings (SSSR count). The van der Waals surface area contributed by atoms with Crippen molar-refractivity contribution in [2.24, 2.45) is 0 Å². The molecule has 2 heterocycles. The maximum atomic E-state index is 12.7. The summed E-state index contributed by atoms with van der Waals surface area (Å²) in [7, 11) is 0. The number of nitrogens with one attached hydrogen (secondary N) is 1. The van der Waals surface area contributed by atoms with Crippen LogP contribution in [0.2, 0.25) is 0 Å². The molecule has 1 atom stereocenters. The largest absolute Gasteiger partial charge is 0.376 e. The third kappa shape index (κ3) is 6.53. The summed E-state index contributed by atoms with van der Waals surface area (Å²) in [6.45, 7) is 2.59. The lowest BCUT2D eigenvalue weighted by atomic mass is 10.2. The minimum Gasteiger partial charge on any atom is -0.376 e. The quantitative estimate of drug-likeness (QED) is 0.779. The lowest BCUT2D eigenvalue weighted by Gasteiger charge is -2.24. The van der Waals surface area contributed by atoms with Crippen LogP contribution in [0.1, 0.15) is 24.0 Å². The van der Waals surface area contributed by atoms with Crippen LogP contribution in [0.15, 0.2) is 60.9 Å². The van der Waals surface area contributed by atoms with Crippen LogP contribution in [0.5, 0.6) is 0 Å². The molecule has 2 amide bonds. The van der Waals surface area contributed by atoms with Gasteiger partial charge in [0.1, 0.15) is 0 Å². The minimum absolute atomic E-state index is 0.0442. The third-order valence-corrected chi connectivity index (χ3v) is 4.61. The standard InChI is InChI=1S/C22H27N3O2/c26-22(24-15-12-20-10-13-23-14-11-20)25(18-21-9-5-17-27-21)16-4-8-19-6-2-1-3-7-19/h1-4,6-8,10-11,13-14,21H,5,9,12,15-18H2,(H,24,26)/b8-4+/t21-/m0/s1. The van der Waals surface area contributed by atoms with E-state index in [1.54, 1.807) is 12.4 Å². The summed E-state index contributed by atoms with van der Waals surface area (Å²) >= 11 is 0. The molecule has 142 valence electrons. The van der Waals surface area contributed by atoms with Gasteiger partial charge in [-0.25, -0.2) is 4.79 Å². The van der Waals surface area contributed by atoms with Gasteiger partial charge in [0.2, 0.25) is 0 Å². The Morgan fingerprint density at radius 1 is 1.22 bits per heavy atom. The Kier molecular flexibility index (Phi) is 7.42. The topological polar surface area (TPSA) is 54.5 Å². The van der Waals surface area contributed by atoms with E-state index in [4.69, 9.17) is 4.74 Å². The first-order chi connectivity index (χ1) is 13.3. The van der Waals surface area contributed by atoms with Gasteiger partial charge < -0.3 is 15.0 Å². The van der Waals surface area contributed by atoms with Crippen LogP contribution in [0.4, 0.5) is 4.79 Å². The van der Waals surface area contributed by atoms with Crippen molar-refractivity contribution in [2.75, 3.05) is 26.2 Å². The van der Waals surface area contributed by atoms with Crippen LogP contribution in [-0.4, -0.2) is 48.3 Å². The Morgan fingerprint density at radius 2 is 2.04 bits per heavy atom. The highest BCUT2D eigenvalue weighted by Gasteiger charge is 2.21. The van der Waals surface area contributed by atoms with Gasteiger partial charge in [-0.2, -0.15) is 0 Å². The second kappa shape index (κ2) is 10.5. The van der Waals surface area contributed by atoms with Crippen molar-refractivity contribution in [3.05, 3.63) is 72.1 Å². The van der Waals surface area contributed by atoms with Gasteiger partial charge in [-0.1, -0.05) is 42.5 Å². The summed E-state index contributed by atoms with van der Waals surface area (Å²) in [5, 5.41) is 3.03. The van der Waals surface area contributed by atoms with Gasteiger partial charge in [0.15, 0.2) is 0 Å². The van der Waals surface area contributed by atoms with E-state index in [-0.39, 0.29) is 12.1 Å². The normalized spacial score (nSPS) is 16.5. The summed E-state index contributed by atoms with van der Waals surface area (Å²) in [5.41, 5.74) is 2.30. The molecule has 5 heteroatoms. The van der Waals surface area contributed by atoms with Gasteiger partial charge in [-0.3, -0.25) is 4.98 Å². The van der Waals surface area contributed by atoms with Crippen molar-refractivity contribution in [1.82, 2.24) is 15.2 Å². The number of amides is 2. The van der Waals surface area contributed by atoms with Crippen LogP contribution in [0.3, 0.4) is 0 Å². The molecule has 1 aromatic heterocycles. The summed E-state index contributed by atoms with van der Waals surface area (Å²) in [6.07, 6.45) is 10.7.